The van der Waals surface area contributed by atoms with E-state index in [-0.39, 0.29) is 15.9 Å². The van der Waals surface area contributed by atoms with Crippen molar-refractivity contribution in [1.29, 1.82) is 0 Å². The van der Waals surface area contributed by atoms with Crippen LogP contribution in [0.5, 0.6) is 0 Å². The summed E-state index contributed by atoms with van der Waals surface area (Å²) < 4.78 is 0.171. The third-order valence-electron chi connectivity index (χ3n) is 2.65. The van der Waals surface area contributed by atoms with Crippen molar-refractivity contribution in [3.63, 3.8) is 0 Å². The molecule has 0 fully saturated rings. The molecule has 2 rings (SSSR count). The lowest BCUT2D eigenvalue weighted by molar-refractivity contribution is 0.104. The van der Waals surface area contributed by atoms with Gasteiger partial charge in [-0.3, -0.25) is 14.6 Å². The molecule has 1 aromatic heterocycles. The number of rotatable bonds is 3. The summed E-state index contributed by atoms with van der Waals surface area (Å²) >= 11 is 3.05. The normalized spacial score (nSPS) is 10.9. The number of hydrogen-bond donors (Lipinski definition) is 2. The first-order valence-corrected chi connectivity index (χ1v) is 6.58. The molecule has 0 radical (unpaired) electrons. The Morgan fingerprint density at radius 2 is 1.80 bits per heavy atom. The molecule has 6 heteroatoms. The van der Waals surface area contributed by atoms with Gasteiger partial charge >= 0.3 is 5.69 Å². The molecule has 0 aliphatic rings. The van der Waals surface area contributed by atoms with Crippen LogP contribution in [0, 0.1) is 6.92 Å². The molecule has 2 N–H and O–H groups in total. The highest BCUT2D eigenvalue weighted by atomic mass is 79.9. The summed E-state index contributed by atoms with van der Waals surface area (Å²) in [4.78, 5) is 39.0. The number of nitrogens with one attached hydrogen (secondary N) is 2. The van der Waals surface area contributed by atoms with E-state index in [1.165, 1.54) is 12.2 Å². The van der Waals surface area contributed by atoms with Crippen molar-refractivity contribution in [2.45, 2.75) is 6.92 Å². The van der Waals surface area contributed by atoms with Crippen molar-refractivity contribution < 1.29 is 4.79 Å². The van der Waals surface area contributed by atoms with E-state index in [1.807, 2.05) is 19.1 Å². The fraction of sp³-hybridized carbons (Fsp3) is 0.0714. The van der Waals surface area contributed by atoms with E-state index in [9.17, 15) is 14.4 Å². The average Bonchev–Trinajstić information content (AvgIpc) is 2.41. The van der Waals surface area contributed by atoms with Gasteiger partial charge in [-0.1, -0.05) is 29.8 Å². The summed E-state index contributed by atoms with van der Waals surface area (Å²) in [7, 11) is 0. The molecular formula is C14H11BrN2O3. The van der Waals surface area contributed by atoms with Crippen molar-refractivity contribution in [2.75, 3.05) is 0 Å². The quantitative estimate of drug-likeness (QED) is 0.665. The van der Waals surface area contributed by atoms with Crippen LogP contribution in [0.4, 0.5) is 0 Å². The lowest BCUT2D eigenvalue weighted by Gasteiger charge is -1.98. The summed E-state index contributed by atoms with van der Waals surface area (Å²) in [6, 6.07) is 7.12. The number of allylic oxidation sites excluding steroid dienone is 1. The van der Waals surface area contributed by atoms with Gasteiger partial charge in [-0.25, -0.2) is 4.79 Å². The SMILES string of the molecule is Cc1ccc(C(=O)/C=C/c2[nH]c(=O)[nH]c(=O)c2Br)cc1. The fourth-order valence-electron chi connectivity index (χ4n) is 1.58. The smallest absolute Gasteiger partial charge is 0.306 e. The summed E-state index contributed by atoms with van der Waals surface area (Å²) in [5, 5.41) is 0. The molecule has 20 heavy (non-hydrogen) atoms. The molecule has 0 aliphatic carbocycles. The first-order chi connectivity index (χ1) is 9.47. The van der Waals surface area contributed by atoms with E-state index < -0.39 is 11.2 Å². The topological polar surface area (TPSA) is 82.8 Å². The first-order valence-electron chi connectivity index (χ1n) is 5.78. The Hall–Kier alpha value is -2.21. The zero-order valence-electron chi connectivity index (χ0n) is 10.6. The highest BCUT2D eigenvalue weighted by Crippen LogP contribution is 2.10. The number of aromatic amines is 2. The monoisotopic (exact) mass is 334 g/mol. The number of halogens is 1. The second kappa shape index (κ2) is 5.83. The molecule has 0 unspecified atom stereocenters. The first kappa shape index (κ1) is 14.2. The highest BCUT2D eigenvalue weighted by Gasteiger charge is 2.05. The standard InChI is InChI=1S/C14H11BrN2O3/c1-8-2-4-9(5-3-8)11(18)7-6-10-12(15)13(19)17-14(20)16-10/h2-7H,1H3,(H2,16,17,19,20)/b7-6+. The molecular weight excluding hydrogens is 324 g/mol. The molecule has 102 valence electrons. The van der Waals surface area contributed by atoms with Crippen LogP contribution in [-0.2, 0) is 0 Å². The molecule has 0 spiro atoms. The molecule has 0 bridgehead atoms. The summed E-state index contributed by atoms with van der Waals surface area (Å²) in [6.07, 6.45) is 2.70. The Morgan fingerprint density at radius 1 is 1.15 bits per heavy atom. The third-order valence-corrected chi connectivity index (χ3v) is 3.44. The Kier molecular flexibility index (Phi) is 4.14. The number of ketones is 1. The molecule has 0 amide bonds. The molecule has 1 aromatic carbocycles. The molecule has 0 aliphatic heterocycles. The maximum atomic E-state index is 11.9. The molecule has 0 atom stereocenters. The van der Waals surface area contributed by atoms with Crippen LogP contribution >= 0.6 is 15.9 Å². The molecule has 1 heterocycles. The van der Waals surface area contributed by atoms with Crippen LogP contribution < -0.4 is 11.2 Å². The van der Waals surface area contributed by atoms with Crippen molar-refractivity contribution in [1.82, 2.24) is 9.97 Å². The average molecular weight is 335 g/mol. The summed E-state index contributed by atoms with van der Waals surface area (Å²) in [6.45, 7) is 1.93. The summed E-state index contributed by atoms with van der Waals surface area (Å²) in [5.41, 5.74) is 0.679. The lowest BCUT2D eigenvalue weighted by Crippen LogP contribution is -2.23. The molecule has 0 saturated carbocycles. The minimum absolute atomic E-state index is 0.171. The van der Waals surface area contributed by atoms with Crippen LogP contribution in [-0.4, -0.2) is 15.8 Å². The van der Waals surface area contributed by atoms with Gasteiger partial charge in [0.25, 0.3) is 5.56 Å². The number of H-pyrrole nitrogens is 2. The van der Waals surface area contributed by atoms with E-state index in [4.69, 9.17) is 0 Å². The van der Waals surface area contributed by atoms with Crippen molar-refractivity contribution in [2.24, 2.45) is 0 Å². The minimum atomic E-state index is -0.624. The van der Waals surface area contributed by atoms with Crippen molar-refractivity contribution >= 4 is 27.8 Å². The second-order valence-corrected chi connectivity index (χ2v) is 4.99. The predicted molar refractivity (Wildman–Crippen MR) is 79.9 cm³/mol. The van der Waals surface area contributed by atoms with Crippen LogP contribution in [0.3, 0.4) is 0 Å². The Morgan fingerprint density at radius 3 is 2.45 bits per heavy atom. The zero-order valence-corrected chi connectivity index (χ0v) is 12.2. The Bertz CT molecular complexity index is 785. The van der Waals surface area contributed by atoms with Gasteiger partial charge in [0.1, 0.15) is 4.47 Å². The number of benzene rings is 1. The van der Waals surface area contributed by atoms with E-state index in [0.717, 1.165) is 5.56 Å². The van der Waals surface area contributed by atoms with Gasteiger partial charge in [0, 0.05) is 5.56 Å². The predicted octanol–water partition coefficient (Wildman–Crippen LogP) is 2.03. The van der Waals surface area contributed by atoms with Crippen LogP contribution in [0.15, 0.2) is 44.4 Å². The minimum Gasteiger partial charge on any atom is -0.306 e. The highest BCUT2D eigenvalue weighted by molar-refractivity contribution is 9.10. The van der Waals surface area contributed by atoms with Gasteiger partial charge in [0.05, 0.1) is 5.69 Å². The molecule has 2 aromatic rings. The van der Waals surface area contributed by atoms with Gasteiger partial charge in [0.2, 0.25) is 0 Å². The van der Waals surface area contributed by atoms with Crippen LogP contribution in [0.25, 0.3) is 6.08 Å². The maximum Gasteiger partial charge on any atom is 0.326 e. The van der Waals surface area contributed by atoms with E-state index in [2.05, 4.69) is 25.9 Å². The number of aromatic nitrogens is 2. The fourth-order valence-corrected chi connectivity index (χ4v) is 1.91. The lowest BCUT2D eigenvalue weighted by atomic mass is 10.1. The zero-order chi connectivity index (χ0) is 14.7. The van der Waals surface area contributed by atoms with E-state index in [1.54, 1.807) is 12.1 Å². The van der Waals surface area contributed by atoms with Crippen molar-refractivity contribution in [3.05, 3.63) is 72.5 Å². The van der Waals surface area contributed by atoms with Crippen LogP contribution in [0.1, 0.15) is 21.6 Å². The van der Waals surface area contributed by atoms with Gasteiger partial charge in [-0.15, -0.1) is 0 Å². The maximum absolute atomic E-state index is 11.9. The van der Waals surface area contributed by atoms with E-state index in [0.29, 0.717) is 5.56 Å². The largest absolute Gasteiger partial charge is 0.326 e. The Labute approximate surface area is 122 Å². The number of hydrogen-bond acceptors (Lipinski definition) is 3. The van der Waals surface area contributed by atoms with Crippen molar-refractivity contribution in [3.8, 4) is 0 Å². The molecule has 5 nitrogen and oxygen atoms in total. The number of carbonyl (C=O) groups excluding carboxylic acids is 1. The van der Waals surface area contributed by atoms with Gasteiger partial charge in [-0.05, 0) is 35.0 Å². The second-order valence-electron chi connectivity index (χ2n) is 4.20. The van der Waals surface area contributed by atoms with Gasteiger partial charge < -0.3 is 4.98 Å². The number of aryl methyl sites for hydroxylation is 1. The van der Waals surface area contributed by atoms with Gasteiger partial charge in [0.15, 0.2) is 5.78 Å². The molecule has 0 saturated heterocycles. The Balaban J connectivity index is 2.30. The third kappa shape index (κ3) is 3.21. The van der Waals surface area contributed by atoms with Crippen LogP contribution in [0.2, 0.25) is 0 Å². The summed E-state index contributed by atoms with van der Waals surface area (Å²) in [5.74, 6) is -0.210. The van der Waals surface area contributed by atoms with E-state index >= 15 is 0 Å². The number of carbonyl (C=O) groups is 1. The van der Waals surface area contributed by atoms with Gasteiger partial charge in [-0.2, -0.15) is 0 Å².